The Morgan fingerprint density at radius 3 is 2.53 bits per heavy atom. The molecular weight excluding hydrogens is 186 g/mol. The predicted molar refractivity (Wildman–Crippen MR) is 64.0 cm³/mol. The zero-order valence-corrected chi connectivity index (χ0v) is 10.5. The molecule has 1 aliphatic heterocycles. The molecule has 1 heterocycles. The van der Waals surface area contributed by atoms with Crippen LogP contribution < -0.4 is 0 Å². The second kappa shape index (κ2) is 6.26. The number of ketones is 1. The van der Waals surface area contributed by atoms with Crippen molar-refractivity contribution in [2.24, 2.45) is 5.92 Å². The number of carbonyl (C=O) groups excluding carboxylic acids is 1. The van der Waals surface area contributed by atoms with Gasteiger partial charge in [-0.15, -0.1) is 0 Å². The van der Waals surface area contributed by atoms with Crippen molar-refractivity contribution in [1.82, 2.24) is 4.90 Å². The molecule has 1 fully saturated rings. The van der Waals surface area contributed by atoms with Crippen molar-refractivity contribution in [3.05, 3.63) is 0 Å². The lowest BCUT2D eigenvalue weighted by Crippen LogP contribution is -2.45. The van der Waals surface area contributed by atoms with Crippen LogP contribution >= 0.6 is 0 Å². The quantitative estimate of drug-likeness (QED) is 0.697. The summed E-state index contributed by atoms with van der Waals surface area (Å²) >= 11 is 0. The molecule has 15 heavy (non-hydrogen) atoms. The molecule has 1 atom stereocenters. The smallest absolute Gasteiger partial charge is 0.146 e. The van der Waals surface area contributed by atoms with Gasteiger partial charge in [0.15, 0.2) is 0 Å². The van der Waals surface area contributed by atoms with E-state index in [0.717, 1.165) is 25.4 Å². The van der Waals surface area contributed by atoms with Crippen LogP contribution in [0, 0.1) is 5.92 Å². The van der Waals surface area contributed by atoms with E-state index in [1.54, 1.807) is 6.92 Å². The van der Waals surface area contributed by atoms with Crippen molar-refractivity contribution in [1.29, 1.82) is 0 Å². The minimum absolute atomic E-state index is 0.222. The maximum Gasteiger partial charge on any atom is 0.146 e. The van der Waals surface area contributed by atoms with Crippen LogP contribution in [0.3, 0.4) is 0 Å². The average molecular weight is 211 g/mol. The largest absolute Gasteiger partial charge is 0.298 e. The van der Waals surface area contributed by atoms with Gasteiger partial charge in [-0.25, -0.2) is 0 Å². The Kier molecular flexibility index (Phi) is 5.30. The van der Waals surface area contributed by atoms with Gasteiger partial charge in [0, 0.05) is 6.54 Å². The summed E-state index contributed by atoms with van der Waals surface area (Å²) < 4.78 is 0. The van der Waals surface area contributed by atoms with Crippen LogP contribution in [-0.4, -0.2) is 29.8 Å². The molecule has 0 aliphatic carbocycles. The molecule has 2 heteroatoms. The lowest BCUT2D eigenvalue weighted by molar-refractivity contribution is -0.123. The van der Waals surface area contributed by atoms with Gasteiger partial charge in [-0.3, -0.25) is 9.69 Å². The molecule has 0 spiro atoms. The van der Waals surface area contributed by atoms with Crippen molar-refractivity contribution in [3.63, 3.8) is 0 Å². The number of rotatable bonds is 5. The third-order valence-electron chi connectivity index (χ3n) is 3.73. The van der Waals surface area contributed by atoms with Crippen LogP contribution in [0.5, 0.6) is 0 Å². The molecule has 0 bridgehead atoms. The number of likely N-dealkylation sites (tertiary alicyclic amines) is 1. The first-order valence-corrected chi connectivity index (χ1v) is 6.43. The lowest BCUT2D eigenvalue weighted by Gasteiger charge is -2.36. The predicted octanol–water partition coefficient (Wildman–Crippen LogP) is 2.87. The van der Waals surface area contributed by atoms with Crippen molar-refractivity contribution < 1.29 is 4.79 Å². The normalized spacial score (nSPS) is 23.3. The van der Waals surface area contributed by atoms with Gasteiger partial charge in [-0.05, 0) is 32.2 Å². The monoisotopic (exact) mass is 211 g/mol. The van der Waals surface area contributed by atoms with Crippen molar-refractivity contribution in [2.75, 3.05) is 13.1 Å². The molecule has 0 amide bonds. The fraction of sp³-hybridized carbons (Fsp3) is 0.923. The van der Waals surface area contributed by atoms with Crippen molar-refractivity contribution >= 4 is 5.78 Å². The number of piperidine rings is 1. The van der Waals surface area contributed by atoms with Crippen LogP contribution in [0.2, 0.25) is 0 Å². The standard InChI is InChI=1S/C13H25NO/c1-4-12(5-2)10-14-9-7-6-8-13(14)11(3)15/h12-13H,4-10H2,1-3H3. The summed E-state index contributed by atoms with van der Waals surface area (Å²) in [5.74, 6) is 1.13. The van der Waals surface area contributed by atoms with Crippen molar-refractivity contribution in [2.45, 2.75) is 58.9 Å². The Hall–Kier alpha value is -0.370. The third kappa shape index (κ3) is 3.60. The van der Waals surface area contributed by atoms with Gasteiger partial charge < -0.3 is 0 Å². The van der Waals surface area contributed by atoms with Crippen LogP contribution in [0.1, 0.15) is 52.9 Å². The molecule has 1 rings (SSSR count). The highest BCUT2D eigenvalue weighted by atomic mass is 16.1. The van der Waals surface area contributed by atoms with Crippen molar-refractivity contribution in [3.8, 4) is 0 Å². The minimum atomic E-state index is 0.222. The molecular formula is C13H25NO. The summed E-state index contributed by atoms with van der Waals surface area (Å²) in [5, 5.41) is 0. The van der Waals surface area contributed by atoms with E-state index in [4.69, 9.17) is 0 Å². The Morgan fingerprint density at radius 2 is 2.00 bits per heavy atom. The Morgan fingerprint density at radius 1 is 1.33 bits per heavy atom. The Balaban J connectivity index is 2.52. The summed E-state index contributed by atoms with van der Waals surface area (Å²) in [6.45, 7) is 8.50. The molecule has 1 unspecified atom stereocenters. The van der Waals surface area contributed by atoms with E-state index >= 15 is 0 Å². The molecule has 88 valence electrons. The highest BCUT2D eigenvalue weighted by Gasteiger charge is 2.26. The molecule has 0 aromatic heterocycles. The van der Waals surface area contributed by atoms with Crippen LogP contribution in [0.25, 0.3) is 0 Å². The fourth-order valence-corrected chi connectivity index (χ4v) is 2.55. The van der Waals surface area contributed by atoms with E-state index in [9.17, 15) is 4.79 Å². The summed E-state index contributed by atoms with van der Waals surface area (Å²) in [7, 11) is 0. The molecule has 0 saturated carbocycles. The van der Waals surface area contributed by atoms with Gasteiger partial charge >= 0.3 is 0 Å². The molecule has 2 nitrogen and oxygen atoms in total. The highest BCUT2D eigenvalue weighted by molar-refractivity contribution is 5.81. The van der Waals surface area contributed by atoms with Gasteiger partial charge in [0.2, 0.25) is 0 Å². The van der Waals surface area contributed by atoms with E-state index in [2.05, 4.69) is 18.7 Å². The lowest BCUT2D eigenvalue weighted by atomic mass is 9.95. The van der Waals surface area contributed by atoms with E-state index in [-0.39, 0.29) is 6.04 Å². The molecule has 1 saturated heterocycles. The number of hydrogen-bond acceptors (Lipinski definition) is 2. The molecule has 0 radical (unpaired) electrons. The van der Waals surface area contributed by atoms with Crippen LogP contribution in [0.4, 0.5) is 0 Å². The number of hydrogen-bond donors (Lipinski definition) is 0. The maximum absolute atomic E-state index is 11.5. The second-order valence-corrected chi connectivity index (χ2v) is 4.80. The van der Waals surface area contributed by atoms with Gasteiger partial charge in [-0.2, -0.15) is 0 Å². The second-order valence-electron chi connectivity index (χ2n) is 4.80. The fourth-order valence-electron chi connectivity index (χ4n) is 2.55. The van der Waals surface area contributed by atoms with Crippen LogP contribution in [-0.2, 0) is 4.79 Å². The van der Waals surface area contributed by atoms with Gasteiger partial charge in [0.05, 0.1) is 6.04 Å². The van der Waals surface area contributed by atoms with E-state index in [0.29, 0.717) is 5.78 Å². The van der Waals surface area contributed by atoms with E-state index < -0.39 is 0 Å². The third-order valence-corrected chi connectivity index (χ3v) is 3.73. The summed E-state index contributed by atoms with van der Waals surface area (Å²) in [6.07, 6.45) is 6.04. The first-order valence-electron chi connectivity index (χ1n) is 6.43. The van der Waals surface area contributed by atoms with E-state index in [1.807, 2.05) is 0 Å². The maximum atomic E-state index is 11.5. The number of Topliss-reactive ketones (excluding diaryl/α,β-unsaturated/α-hetero) is 1. The summed E-state index contributed by atoms with van der Waals surface area (Å²) in [5.41, 5.74) is 0. The Labute approximate surface area is 94.0 Å². The first-order chi connectivity index (χ1) is 7.19. The Bertz CT molecular complexity index is 199. The number of carbonyl (C=O) groups is 1. The number of nitrogens with zero attached hydrogens (tertiary/aromatic N) is 1. The molecule has 1 aliphatic rings. The highest BCUT2D eigenvalue weighted by Crippen LogP contribution is 2.21. The summed E-state index contributed by atoms with van der Waals surface area (Å²) in [4.78, 5) is 13.9. The average Bonchev–Trinajstić information content (AvgIpc) is 2.26. The van der Waals surface area contributed by atoms with Gasteiger partial charge in [-0.1, -0.05) is 33.1 Å². The SMILES string of the molecule is CCC(CC)CN1CCCCC1C(C)=O. The van der Waals surface area contributed by atoms with Gasteiger partial charge in [0.25, 0.3) is 0 Å². The molecule has 0 aromatic rings. The topological polar surface area (TPSA) is 20.3 Å². The minimum Gasteiger partial charge on any atom is -0.298 e. The molecule has 0 aromatic carbocycles. The van der Waals surface area contributed by atoms with Crippen LogP contribution in [0.15, 0.2) is 0 Å². The van der Waals surface area contributed by atoms with Gasteiger partial charge in [0.1, 0.15) is 5.78 Å². The zero-order valence-electron chi connectivity index (χ0n) is 10.5. The van der Waals surface area contributed by atoms with E-state index in [1.165, 1.54) is 25.7 Å². The molecule has 0 N–H and O–H groups in total. The first kappa shape index (κ1) is 12.7. The summed E-state index contributed by atoms with van der Waals surface area (Å²) in [6, 6.07) is 0.222. The zero-order chi connectivity index (χ0) is 11.3.